The number of nitrogens with zero attached hydrogens (tertiary/aromatic N) is 1. The topological polar surface area (TPSA) is 94.3 Å². The Morgan fingerprint density at radius 3 is 1.48 bits per heavy atom. The SMILES string of the molecule is O=c1oc2nc3ccc(F)cc3cc2c2c(c(=O)c3ccccc13)c1c3ccccc3c(=O)c1c1c3ccccc3c(=O)c21. The molecular formula is C37H16FNO5. The summed E-state index contributed by atoms with van der Waals surface area (Å²) in [6.07, 6.45) is 0. The van der Waals surface area contributed by atoms with E-state index in [2.05, 4.69) is 4.98 Å². The Bertz CT molecular complexity index is 3040. The Kier molecular flexibility index (Phi) is 4.73. The molecule has 0 N–H and O–H groups in total. The number of hydrogen-bond donors (Lipinski definition) is 0. The minimum absolute atomic E-state index is 0.0128. The van der Waals surface area contributed by atoms with Crippen LogP contribution in [0.4, 0.5) is 4.39 Å². The van der Waals surface area contributed by atoms with Crippen LogP contribution in [0.5, 0.6) is 0 Å². The third kappa shape index (κ3) is 3.05. The summed E-state index contributed by atoms with van der Waals surface area (Å²) in [5.41, 5.74) is -1.82. The number of aromatic nitrogens is 1. The predicted octanol–water partition coefficient (Wildman–Crippen LogP) is 6.92. The second-order valence-electron chi connectivity index (χ2n) is 10.9. The van der Waals surface area contributed by atoms with Crippen molar-refractivity contribution in [3.63, 3.8) is 0 Å². The van der Waals surface area contributed by atoms with E-state index < -0.39 is 16.9 Å². The molecule has 0 amide bonds. The van der Waals surface area contributed by atoms with Crippen LogP contribution in [0, 0.1) is 5.82 Å². The minimum Gasteiger partial charge on any atom is -0.403 e. The van der Waals surface area contributed by atoms with Crippen LogP contribution >= 0.6 is 0 Å². The summed E-state index contributed by atoms with van der Waals surface area (Å²) in [6, 6.07) is 25.9. The number of pyridine rings is 1. The van der Waals surface area contributed by atoms with E-state index in [0.717, 1.165) is 0 Å². The summed E-state index contributed by atoms with van der Waals surface area (Å²) in [7, 11) is 0. The van der Waals surface area contributed by atoms with Crippen molar-refractivity contribution in [2.24, 2.45) is 0 Å². The third-order valence-electron chi connectivity index (χ3n) is 8.66. The summed E-state index contributed by atoms with van der Waals surface area (Å²) < 4.78 is 20.4. The highest BCUT2D eigenvalue weighted by Crippen LogP contribution is 2.41. The van der Waals surface area contributed by atoms with Gasteiger partial charge in [-0.15, -0.1) is 0 Å². The molecule has 0 bridgehead atoms. The van der Waals surface area contributed by atoms with Gasteiger partial charge in [-0.1, -0.05) is 66.7 Å². The monoisotopic (exact) mass is 573 g/mol. The Labute approximate surface area is 244 Å². The normalized spacial score (nSPS) is 12.1. The smallest absolute Gasteiger partial charge is 0.345 e. The first-order chi connectivity index (χ1) is 21.4. The van der Waals surface area contributed by atoms with Crippen molar-refractivity contribution >= 4 is 86.6 Å². The van der Waals surface area contributed by atoms with Gasteiger partial charge in [0.1, 0.15) is 5.82 Å². The highest BCUT2D eigenvalue weighted by molar-refractivity contribution is 6.41. The highest BCUT2D eigenvalue weighted by atomic mass is 19.1. The molecular weight excluding hydrogens is 557 g/mol. The largest absolute Gasteiger partial charge is 0.403 e. The molecule has 2 heterocycles. The van der Waals surface area contributed by atoms with Gasteiger partial charge >= 0.3 is 5.63 Å². The zero-order valence-electron chi connectivity index (χ0n) is 22.6. The predicted molar refractivity (Wildman–Crippen MR) is 173 cm³/mol. The van der Waals surface area contributed by atoms with E-state index in [1.165, 1.54) is 30.3 Å². The van der Waals surface area contributed by atoms with Crippen molar-refractivity contribution in [3.05, 3.63) is 144 Å². The fourth-order valence-corrected chi connectivity index (χ4v) is 6.83. The first-order valence-corrected chi connectivity index (χ1v) is 13.9. The molecule has 0 saturated carbocycles. The maximum atomic E-state index is 14.9. The molecule has 0 spiro atoms. The summed E-state index contributed by atoms with van der Waals surface area (Å²) in [5.74, 6) is -0.509. The number of halogens is 1. The quantitative estimate of drug-likeness (QED) is 0.196. The van der Waals surface area contributed by atoms with Gasteiger partial charge in [0.2, 0.25) is 5.71 Å². The van der Waals surface area contributed by atoms with Crippen LogP contribution in [-0.4, -0.2) is 4.98 Å². The van der Waals surface area contributed by atoms with Gasteiger partial charge < -0.3 is 4.42 Å². The van der Waals surface area contributed by atoms with Gasteiger partial charge in [-0.25, -0.2) is 14.2 Å². The molecule has 0 aliphatic carbocycles. The Hall–Kier alpha value is -6.08. The van der Waals surface area contributed by atoms with Crippen molar-refractivity contribution in [1.29, 1.82) is 0 Å². The molecule has 6 nitrogen and oxygen atoms in total. The molecule has 0 aliphatic heterocycles. The molecule has 0 fully saturated rings. The lowest BCUT2D eigenvalue weighted by molar-refractivity contribution is 0.561. The average Bonchev–Trinajstić information content (AvgIpc) is 3.51. The number of rotatable bonds is 0. The van der Waals surface area contributed by atoms with E-state index in [-0.39, 0.29) is 54.3 Å². The Morgan fingerprint density at radius 2 is 0.932 bits per heavy atom. The van der Waals surface area contributed by atoms with Gasteiger partial charge in [-0.3, -0.25) is 14.4 Å². The second-order valence-corrected chi connectivity index (χ2v) is 10.9. The highest BCUT2D eigenvalue weighted by Gasteiger charge is 2.25. The molecule has 9 rings (SSSR count). The zero-order chi connectivity index (χ0) is 29.9. The van der Waals surface area contributed by atoms with E-state index >= 15 is 0 Å². The molecule has 0 unspecified atom stereocenters. The first-order valence-electron chi connectivity index (χ1n) is 13.9. The van der Waals surface area contributed by atoms with Crippen LogP contribution in [0.2, 0.25) is 0 Å². The molecule has 2 aromatic heterocycles. The van der Waals surface area contributed by atoms with Gasteiger partial charge in [0.25, 0.3) is 0 Å². The van der Waals surface area contributed by atoms with E-state index in [4.69, 9.17) is 4.42 Å². The van der Waals surface area contributed by atoms with E-state index in [1.54, 1.807) is 66.7 Å². The lowest BCUT2D eigenvalue weighted by Crippen LogP contribution is -2.05. The van der Waals surface area contributed by atoms with Crippen LogP contribution < -0.4 is 21.9 Å². The minimum atomic E-state index is -0.809. The van der Waals surface area contributed by atoms with E-state index in [9.17, 15) is 23.6 Å². The molecule has 0 aliphatic rings. The zero-order valence-corrected chi connectivity index (χ0v) is 22.6. The van der Waals surface area contributed by atoms with Crippen molar-refractivity contribution in [2.45, 2.75) is 0 Å². The first kappa shape index (κ1) is 24.5. The maximum absolute atomic E-state index is 14.9. The molecule has 7 heteroatoms. The molecule has 206 valence electrons. The van der Waals surface area contributed by atoms with Crippen LogP contribution in [0.1, 0.15) is 0 Å². The lowest BCUT2D eigenvalue weighted by Gasteiger charge is -2.06. The van der Waals surface area contributed by atoms with Crippen LogP contribution in [0.3, 0.4) is 0 Å². The van der Waals surface area contributed by atoms with Crippen molar-refractivity contribution in [3.8, 4) is 0 Å². The van der Waals surface area contributed by atoms with Crippen molar-refractivity contribution < 1.29 is 8.81 Å². The van der Waals surface area contributed by atoms with Crippen molar-refractivity contribution in [1.82, 2.24) is 4.98 Å². The van der Waals surface area contributed by atoms with Crippen molar-refractivity contribution in [2.75, 3.05) is 0 Å². The Balaban J connectivity index is 1.83. The van der Waals surface area contributed by atoms with Crippen LogP contribution in [-0.2, 0) is 0 Å². The molecule has 7 aromatic carbocycles. The molecule has 0 atom stereocenters. The molecule has 0 saturated heterocycles. The van der Waals surface area contributed by atoms with Gasteiger partial charge in [0.15, 0.2) is 16.3 Å². The molecule has 9 aromatic rings. The number of benzene rings is 5. The van der Waals surface area contributed by atoms with E-state index in [1.807, 2.05) is 0 Å². The Morgan fingerprint density at radius 1 is 0.477 bits per heavy atom. The summed E-state index contributed by atoms with van der Waals surface area (Å²) in [4.78, 5) is 61.6. The van der Waals surface area contributed by atoms with Gasteiger partial charge in [0, 0.05) is 59.2 Å². The molecule has 0 radical (unpaired) electrons. The van der Waals surface area contributed by atoms with Crippen LogP contribution in [0.15, 0.2) is 121 Å². The van der Waals surface area contributed by atoms with E-state index in [0.29, 0.717) is 43.2 Å². The van der Waals surface area contributed by atoms with Gasteiger partial charge in [-0.2, -0.15) is 0 Å². The molecule has 44 heavy (non-hydrogen) atoms. The number of fused-ring (bicyclic) bond motifs is 14. The standard InChI is InChI=1S/C37H16FNO5/c38-18-13-14-26-17(15-18)16-25-29-31-27(20-8-2-4-10-22(20)34(31)41)30-28(19-7-1-3-9-21(19)33(30)40)32(29)35(42)23-11-5-6-12-24(23)37(43)44-36(25)39-26/h1-16H. The fourth-order valence-electron chi connectivity index (χ4n) is 6.83. The lowest BCUT2D eigenvalue weighted by atomic mass is 9.95. The summed E-state index contributed by atoms with van der Waals surface area (Å²) >= 11 is 0. The average molecular weight is 574 g/mol. The van der Waals surface area contributed by atoms with Crippen LogP contribution in [0.25, 0.3) is 86.6 Å². The third-order valence-corrected chi connectivity index (χ3v) is 8.66. The summed E-state index contributed by atoms with van der Waals surface area (Å²) in [6.45, 7) is 0. The summed E-state index contributed by atoms with van der Waals surface area (Å²) in [5, 5.41) is 3.99. The van der Waals surface area contributed by atoms with Gasteiger partial charge in [-0.05, 0) is 41.1 Å². The van der Waals surface area contributed by atoms with Gasteiger partial charge in [0.05, 0.1) is 10.9 Å². The fraction of sp³-hybridized carbons (Fsp3) is 0. The number of hydrogen-bond acceptors (Lipinski definition) is 6. The maximum Gasteiger partial charge on any atom is 0.345 e. The second kappa shape index (κ2) is 8.49.